The number of piperidine rings is 1. The summed E-state index contributed by atoms with van der Waals surface area (Å²) in [5.74, 6) is 0.442. The molecule has 1 aromatic carbocycles. The lowest BCUT2D eigenvalue weighted by Crippen LogP contribution is -2.43. The molecule has 1 aliphatic rings. The lowest BCUT2D eigenvalue weighted by Gasteiger charge is -2.39. The van der Waals surface area contributed by atoms with Crippen LogP contribution in [0.15, 0.2) is 59.7 Å². The normalized spacial score (nSPS) is 19.1. The van der Waals surface area contributed by atoms with Gasteiger partial charge in [0, 0.05) is 65.8 Å². The van der Waals surface area contributed by atoms with Gasteiger partial charge in [0.2, 0.25) is 0 Å². The second kappa shape index (κ2) is 7.99. The molecule has 0 saturated carbocycles. The molecule has 3 aromatic heterocycles. The van der Waals surface area contributed by atoms with Crippen molar-refractivity contribution >= 4 is 22.2 Å². The molecule has 0 radical (unpaired) electrons. The Balaban J connectivity index is 1.60. The smallest absolute Gasteiger partial charge is 0.0959 e. The van der Waals surface area contributed by atoms with Crippen LogP contribution in [-0.2, 0) is 10.3 Å². The first-order valence-electron chi connectivity index (χ1n) is 10.5. The summed E-state index contributed by atoms with van der Waals surface area (Å²) in [7, 11) is 1.84. The average Bonchev–Trinajstić information content (AvgIpc) is 3.49. The molecule has 154 valence electrons. The summed E-state index contributed by atoms with van der Waals surface area (Å²) in [5.41, 5.74) is 6.71. The summed E-state index contributed by atoms with van der Waals surface area (Å²) < 4.78 is 6.18. The zero-order valence-corrected chi connectivity index (χ0v) is 18.3. The number of H-pyrrole nitrogens is 1. The Bertz CT molecular complexity index is 1140. The van der Waals surface area contributed by atoms with E-state index in [1.165, 1.54) is 34.9 Å². The number of hydrogen-bond acceptors (Lipinski definition) is 4. The Morgan fingerprint density at radius 1 is 1.17 bits per heavy atom. The fraction of sp³-hybridized carbons (Fsp3) is 0.320. The van der Waals surface area contributed by atoms with Gasteiger partial charge in [-0.3, -0.25) is 4.98 Å². The van der Waals surface area contributed by atoms with Crippen LogP contribution in [0, 0.1) is 5.92 Å². The van der Waals surface area contributed by atoms with Crippen LogP contribution in [0.4, 0.5) is 0 Å². The van der Waals surface area contributed by atoms with Crippen LogP contribution >= 0.6 is 11.3 Å². The number of rotatable bonds is 5. The molecule has 2 atom stereocenters. The number of nitrogens with one attached hydrogen (secondary N) is 2. The Kier molecular flexibility index (Phi) is 5.19. The molecule has 2 unspecified atom stereocenters. The Hall–Kier alpha value is -2.47. The number of pyridine rings is 1. The first-order valence-corrected chi connectivity index (χ1v) is 11.5. The van der Waals surface area contributed by atoms with Crippen LogP contribution < -0.4 is 5.32 Å². The van der Waals surface area contributed by atoms with Crippen LogP contribution in [0.3, 0.4) is 0 Å². The number of methoxy groups -OCH3 is 1. The van der Waals surface area contributed by atoms with E-state index < -0.39 is 0 Å². The number of fused-ring (bicyclic) bond motifs is 1. The van der Waals surface area contributed by atoms with Crippen molar-refractivity contribution in [2.75, 3.05) is 20.2 Å². The van der Waals surface area contributed by atoms with Crippen LogP contribution in [0.1, 0.15) is 25.3 Å². The lowest BCUT2D eigenvalue weighted by atomic mass is 9.77. The molecule has 4 nitrogen and oxygen atoms in total. The van der Waals surface area contributed by atoms with E-state index in [4.69, 9.17) is 4.74 Å². The van der Waals surface area contributed by atoms with E-state index in [1.54, 1.807) is 11.3 Å². The number of aromatic nitrogens is 2. The molecule has 1 saturated heterocycles. The first kappa shape index (κ1) is 19.5. The lowest BCUT2D eigenvalue weighted by molar-refractivity contribution is -0.0551. The van der Waals surface area contributed by atoms with Crippen molar-refractivity contribution in [2.45, 2.75) is 25.4 Å². The first-order chi connectivity index (χ1) is 14.7. The van der Waals surface area contributed by atoms with Gasteiger partial charge in [-0.1, -0.05) is 18.2 Å². The predicted molar refractivity (Wildman–Crippen MR) is 125 cm³/mol. The zero-order chi connectivity index (χ0) is 20.6. The van der Waals surface area contributed by atoms with Gasteiger partial charge in [-0.05, 0) is 54.8 Å². The van der Waals surface area contributed by atoms with Gasteiger partial charge in [-0.2, -0.15) is 11.3 Å². The number of aromatic amines is 1. The van der Waals surface area contributed by atoms with Gasteiger partial charge >= 0.3 is 0 Å². The van der Waals surface area contributed by atoms with Crippen molar-refractivity contribution in [2.24, 2.45) is 5.92 Å². The molecular formula is C25H27N3OS. The Morgan fingerprint density at radius 3 is 2.83 bits per heavy atom. The van der Waals surface area contributed by atoms with Crippen molar-refractivity contribution in [1.29, 1.82) is 0 Å². The van der Waals surface area contributed by atoms with E-state index in [0.717, 1.165) is 29.7 Å². The van der Waals surface area contributed by atoms with E-state index in [2.05, 4.69) is 69.5 Å². The molecule has 0 bridgehead atoms. The minimum atomic E-state index is -0.341. The average molecular weight is 418 g/mol. The molecule has 30 heavy (non-hydrogen) atoms. The molecule has 4 aromatic rings. The van der Waals surface area contributed by atoms with Gasteiger partial charge < -0.3 is 15.0 Å². The van der Waals surface area contributed by atoms with E-state index in [-0.39, 0.29) is 5.60 Å². The van der Waals surface area contributed by atoms with Crippen LogP contribution in [0.25, 0.3) is 33.2 Å². The highest BCUT2D eigenvalue weighted by Gasteiger charge is 2.38. The molecule has 0 spiro atoms. The van der Waals surface area contributed by atoms with Crippen molar-refractivity contribution in [3.8, 4) is 22.3 Å². The highest BCUT2D eigenvalue weighted by Crippen LogP contribution is 2.41. The third kappa shape index (κ3) is 3.27. The van der Waals surface area contributed by atoms with Gasteiger partial charge in [0.15, 0.2) is 0 Å². The Morgan fingerprint density at radius 2 is 2.07 bits per heavy atom. The van der Waals surface area contributed by atoms with E-state index >= 15 is 0 Å². The third-order valence-electron chi connectivity index (χ3n) is 6.65. The molecule has 5 rings (SSSR count). The van der Waals surface area contributed by atoms with Gasteiger partial charge in [0.1, 0.15) is 0 Å². The van der Waals surface area contributed by atoms with Gasteiger partial charge in [-0.15, -0.1) is 0 Å². The van der Waals surface area contributed by atoms with Crippen LogP contribution in [0.5, 0.6) is 0 Å². The fourth-order valence-corrected chi connectivity index (χ4v) is 5.46. The highest BCUT2D eigenvalue weighted by atomic mass is 32.1. The molecule has 5 heteroatoms. The standard InChI is InChI=1S/C25H27N3OS/c1-25(29-2,20-5-4-9-26-14-20)23-7-3-6-21-22(15-28-24(21)23)19-11-18(12-27-13-19)17-8-10-30-16-17/h3,6-8,10-13,15-16,20,26,28H,4-5,9,14H2,1-2H3. The molecule has 1 fully saturated rings. The molecule has 0 amide bonds. The van der Waals surface area contributed by atoms with E-state index in [1.807, 2.05) is 19.5 Å². The van der Waals surface area contributed by atoms with Crippen molar-refractivity contribution in [3.63, 3.8) is 0 Å². The fourth-order valence-electron chi connectivity index (χ4n) is 4.80. The molecule has 0 aliphatic carbocycles. The van der Waals surface area contributed by atoms with Crippen molar-refractivity contribution in [1.82, 2.24) is 15.3 Å². The van der Waals surface area contributed by atoms with E-state index in [9.17, 15) is 0 Å². The third-order valence-corrected chi connectivity index (χ3v) is 7.34. The number of benzene rings is 1. The minimum absolute atomic E-state index is 0.341. The Labute approximate surface area is 181 Å². The summed E-state index contributed by atoms with van der Waals surface area (Å²) in [6.45, 7) is 4.32. The summed E-state index contributed by atoms with van der Waals surface area (Å²) in [4.78, 5) is 8.08. The minimum Gasteiger partial charge on any atom is -0.373 e. The van der Waals surface area contributed by atoms with Crippen LogP contribution in [0.2, 0.25) is 0 Å². The van der Waals surface area contributed by atoms with Crippen molar-refractivity contribution in [3.05, 3.63) is 65.2 Å². The molecular weight excluding hydrogens is 390 g/mol. The summed E-state index contributed by atoms with van der Waals surface area (Å²) in [5, 5.41) is 9.02. The number of ether oxygens (including phenoxy) is 1. The van der Waals surface area contributed by atoms with E-state index in [0.29, 0.717) is 5.92 Å². The largest absolute Gasteiger partial charge is 0.373 e. The maximum absolute atomic E-state index is 6.18. The second-order valence-corrected chi connectivity index (χ2v) is 9.04. The quantitative estimate of drug-likeness (QED) is 0.430. The monoisotopic (exact) mass is 417 g/mol. The van der Waals surface area contributed by atoms with Gasteiger partial charge in [-0.25, -0.2) is 0 Å². The van der Waals surface area contributed by atoms with Gasteiger partial charge in [0.25, 0.3) is 0 Å². The molecule has 2 N–H and O–H groups in total. The predicted octanol–water partition coefficient (Wildman–Crippen LogP) is 5.82. The maximum Gasteiger partial charge on any atom is 0.0959 e. The molecule has 4 heterocycles. The number of thiophene rings is 1. The summed E-state index contributed by atoms with van der Waals surface area (Å²) in [6, 6.07) is 10.9. The number of nitrogens with zero attached hydrogens (tertiary/aromatic N) is 1. The SMILES string of the molecule is COC(C)(c1cccc2c(-c3cncc(-c4ccsc4)c3)c[nH]c12)C1CCCNC1. The topological polar surface area (TPSA) is 49.9 Å². The maximum atomic E-state index is 6.18. The summed E-state index contributed by atoms with van der Waals surface area (Å²) in [6.07, 6.45) is 8.36. The zero-order valence-electron chi connectivity index (χ0n) is 17.4. The second-order valence-electron chi connectivity index (χ2n) is 8.26. The number of hydrogen-bond donors (Lipinski definition) is 2. The highest BCUT2D eigenvalue weighted by molar-refractivity contribution is 7.08. The number of para-hydroxylation sites is 1. The van der Waals surface area contributed by atoms with Crippen molar-refractivity contribution < 1.29 is 4.74 Å². The summed E-state index contributed by atoms with van der Waals surface area (Å²) >= 11 is 1.71. The van der Waals surface area contributed by atoms with Crippen LogP contribution in [-0.4, -0.2) is 30.2 Å². The molecule has 1 aliphatic heterocycles. The van der Waals surface area contributed by atoms with Gasteiger partial charge in [0.05, 0.1) is 11.1 Å².